The average Bonchev–Trinajstić information content (AvgIpc) is 3.42. The van der Waals surface area contributed by atoms with Crippen molar-refractivity contribution in [2.75, 3.05) is 20.1 Å². The molecule has 0 radical (unpaired) electrons. The normalized spacial score (nSPS) is 11.7. The highest BCUT2D eigenvalue weighted by molar-refractivity contribution is 7.10. The third kappa shape index (κ3) is 5.61. The summed E-state index contributed by atoms with van der Waals surface area (Å²) in [5, 5.41) is 17.1. The SMILES string of the molecule is Cc1nnc(CN=C(NCCc2cccs2)N(C)CCc2nccs2)n1C. The number of thiophene rings is 1. The van der Waals surface area contributed by atoms with Crippen molar-refractivity contribution in [2.24, 2.45) is 12.0 Å². The predicted octanol–water partition coefficient (Wildman–Crippen LogP) is 2.50. The number of nitrogens with one attached hydrogen (secondary N) is 1. The quantitative estimate of drug-likeness (QED) is 0.462. The Labute approximate surface area is 167 Å². The van der Waals surface area contributed by atoms with Crippen LogP contribution in [0.15, 0.2) is 34.1 Å². The van der Waals surface area contributed by atoms with Crippen LogP contribution >= 0.6 is 22.7 Å². The highest BCUT2D eigenvalue weighted by Gasteiger charge is 2.10. The number of aromatic nitrogens is 4. The van der Waals surface area contributed by atoms with Gasteiger partial charge in [-0.15, -0.1) is 32.9 Å². The van der Waals surface area contributed by atoms with E-state index in [0.29, 0.717) is 6.54 Å². The summed E-state index contributed by atoms with van der Waals surface area (Å²) in [5.74, 6) is 2.63. The molecule has 3 aromatic heterocycles. The first-order valence-corrected chi connectivity index (χ1v) is 10.6. The number of aliphatic imine (C=N–C) groups is 1. The lowest BCUT2D eigenvalue weighted by Gasteiger charge is -2.22. The van der Waals surface area contributed by atoms with E-state index < -0.39 is 0 Å². The number of likely N-dealkylation sites (N-methyl/N-ethyl adjacent to an activating group) is 1. The second kappa shape index (κ2) is 9.61. The summed E-state index contributed by atoms with van der Waals surface area (Å²) in [4.78, 5) is 12.7. The van der Waals surface area contributed by atoms with Crippen molar-refractivity contribution >= 4 is 28.6 Å². The van der Waals surface area contributed by atoms with Crippen LogP contribution in [0.2, 0.25) is 0 Å². The van der Waals surface area contributed by atoms with Gasteiger partial charge in [-0.05, 0) is 24.8 Å². The lowest BCUT2D eigenvalue weighted by molar-refractivity contribution is 0.482. The largest absolute Gasteiger partial charge is 0.356 e. The topological polar surface area (TPSA) is 71.2 Å². The summed E-state index contributed by atoms with van der Waals surface area (Å²) < 4.78 is 1.97. The van der Waals surface area contributed by atoms with Crippen molar-refractivity contribution in [1.82, 2.24) is 30.0 Å². The minimum atomic E-state index is 0.500. The lowest BCUT2D eigenvalue weighted by atomic mass is 10.3. The molecule has 0 atom stereocenters. The molecule has 0 spiro atoms. The van der Waals surface area contributed by atoms with Crippen LogP contribution in [0, 0.1) is 6.92 Å². The molecule has 0 amide bonds. The fraction of sp³-hybridized carbons (Fsp3) is 0.444. The van der Waals surface area contributed by atoms with E-state index in [2.05, 4.69) is 50.0 Å². The van der Waals surface area contributed by atoms with Gasteiger partial charge < -0.3 is 14.8 Å². The zero-order valence-electron chi connectivity index (χ0n) is 15.9. The zero-order chi connectivity index (χ0) is 19.1. The van der Waals surface area contributed by atoms with Crippen molar-refractivity contribution < 1.29 is 0 Å². The molecule has 3 aromatic rings. The van der Waals surface area contributed by atoms with Crippen LogP contribution in [0.3, 0.4) is 0 Å². The molecule has 0 aliphatic rings. The van der Waals surface area contributed by atoms with Crippen molar-refractivity contribution in [2.45, 2.75) is 26.3 Å². The molecule has 0 bridgehead atoms. The number of aryl methyl sites for hydroxylation is 1. The minimum Gasteiger partial charge on any atom is -0.356 e. The molecule has 3 rings (SSSR count). The Morgan fingerprint density at radius 1 is 1.26 bits per heavy atom. The van der Waals surface area contributed by atoms with Crippen molar-refractivity contribution in [3.8, 4) is 0 Å². The van der Waals surface area contributed by atoms with E-state index in [-0.39, 0.29) is 0 Å². The highest BCUT2D eigenvalue weighted by atomic mass is 32.1. The van der Waals surface area contributed by atoms with E-state index in [9.17, 15) is 0 Å². The van der Waals surface area contributed by atoms with Crippen LogP contribution in [0.1, 0.15) is 21.5 Å². The Morgan fingerprint density at radius 2 is 2.15 bits per heavy atom. The van der Waals surface area contributed by atoms with E-state index in [1.54, 1.807) is 22.7 Å². The first kappa shape index (κ1) is 19.5. The zero-order valence-corrected chi connectivity index (χ0v) is 17.6. The molecule has 0 aliphatic carbocycles. The molecule has 7 nitrogen and oxygen atoms in total. The summed E-state index contributed by atoms with van der Waals surface area (Å²) in [7, 11) is 4.03. The summed E-state index contributed by atoms with van der Waals surface area (Å²) in [6, 6.07) is 4.25. The Hall–Kier alpha value is -2.26. The van der Waals surface area contributed by atoms with Crippen LogP contribution in [0.4, 0.5) is 0 Å². The highest BCUT2D eigenvalue weighted by Crippen LogP contribution is 2.09. The van der Waals surface area contributed by atoms with Gasteiger partial charge in [0.2, 0.25) is 0 Å². The number of nitrogens with zero attached hydrogens (tertiary/aromatic N) is 6. The molecule has 1 N–H and O–H groups in total. The monoisotopic (exact) mass is 403 g/mol. The van der Waals surface area contributed by atoms with E-state index in [0.717, 1.165) is 48.5 Å². The van der Waals surface area contributed by atoms with Gasteiger partial charge in [0.25, 0.3) is 0 Å². The van der Waals surface area contributed by atoms with Gasteiger partial charge in [0, 0.05) is 50.1 Å². The molecular formula is C18H25N7S2. The fourth-order valence-corrected chi connectivity index (χ4v) is 3.86. The number of hydrogen-bond acceptors (Lipinski definition) is 6. The van der Waals surface area contributed by atoms with Gasteiger partial charge in [0.05, 0.1) is 5.01 Å². The van der Waals surface area contributed by atoms with Crippen LogP contribution in [-0.2, 0) is 26.4 Å². The first-order valence-electron chi connectivity index (χ1n) is 8.88. The molecule has 144 valence electrons. The molecule has 27 heavy (non-hydrogen) atoms. The second-order valence-electron chi connectivity index (χ2n) is 6.22. The van der Waals surface area contributed by atoms with Crippen molar-refractivity contribution in [3.05, 3.63) is 50.6 Å². The van der Waals surface area contributed by atoms with Crippen molar-refractivity contribution in [1.29, 1.82) is 0 Å². The summed E-state index contributed by atoms with van der Waals surface area (Å²) >= 11 is 3.47. The lowest BCUT2D eigenvalue weighted by Crippen LogP contribution is -2.41. The number of guanidine groups is 1. The molecular weight excluding hydrogens is 378 g/mol. The Morgan fingerprint density at radius 3 is 2.81 bits per heavy atom. The Kier molecular flexibility index (Phi) is 6.94. The second-order valence-corrected chi connectivity index (χ2v) is 8.23. The predicted molar refractivity (Wildman–Crippen MR) is 111 cm³/mol. The molecule has 0 saturated heterocycles. The van der Waals surface area contributed by atoms with Gasteiger partial charge in [-0.25, -0.2) is 9.98 Å². The summed E-state index contributed by atoms with van der Waals surface area (Å²) in [6.45, 7) is 4.15. The molecule has 0 aliphatic heterocycles. The summed E-state index contributed by atoms with van der Waals surface area (Å²) in [5.41, 5.74) is 0. The van der Waals surface area contributed by atoms with Gasteiger partial charge in [0.15, 0.2) is 11.8 Å². The molecule has 0 aromatic carbocycles. The third-order valence-corrected chi connectivity index (χ3v) is 6.07. The van der Waals surface area contributed by atoms with Gasteiger partial charge >= 0.3 is 0 Å². The van der Waals surface area contributed by atoms with Crippen LogP contribution in [0.25, 0.3) is 0 Å². The average molecular weight is 404 g/mol. The van der Waals surface area contributed by atoms with E-state index in [4.69, 9.17) is 4.99 Å². The van der Waals surface area contributed by atoms with Gasteiger partial charge in [-0.1, -0.05) is 6.07 Å². The molecule has 3 heterocycles. The number of hydrogen-bond donors (Lipinski definition) is 1. The van der Waals surface area contributed by atoms with Gasteiger partial charge in [0.1, 0.15) is 12.4 Å². The molecule has 0 unspecified atom stereocenters. The van der Waals surface area contributed by atoms with E-state index >= 15 is 0 Å². The maximum Gasteiger partial charge on any atom is 0.194 e. The smallest absolute Gasteiger partial charge is 0.194 e. The van der Waals surface area contributed by atoms with Gasteiger partial charge in [-0.3, -0.25) is 0 Å². The minimum absolute atomic E-state index is 0.500. The van der Waals surface area contributed by atoms with Crippen LogP contribution in [0.5, 0.6) is 0 Å². The van der Waals surface area contributed by atoms with E-state index in [1.165, 1.54) is 4.88 Å². The van der Waals surface area contributed by atoms with Gasteiger partial charge in [-0.2, -0.15) is 0 Å². The molecule has 0 fully saturated rings. The molecule has 9 heteroatoms. The van der Waals surface area contributed by atoms with Crippen LogP contribution in [-0.4, -0.2) is 50.7 Å². The van der Waals surface area contributed by atoms with Crippen LogP contribution < -0.4 is 5.32 Å². The number of rotatable bonds is 8. The fourth-order valence-electron chi connectivity index (χ4n) is 2.54. The van der Waals surface area contributed by atoms with E-state index in [1.807, 2.05) is 30.1 Å². The maximum absolute atomic E-state index is 4.78. The Balaban J connectivity index is 1.62. The summed E-state index contributed by atoms with van der Waals surface area (Å²) in [6.07, 6.45) is 3.74. The maximum atomic E-state index is 4.78. The standard InChI is InChI=1S/C18H25N7S2/c1-14-22-23-16(25(14)3)13-21-18(20-8-6-15-5-4-11-26-15)24(2)10-7-17-19-9-12-27-17/h4-5,9,11-12H,6-8,10,13H2,1-3H3,(H,20,21). The van der Waals surface area contributed by atoms with Crippen molar-refractivity contribution in [3.63, 3.8) is 0 Å². The third-order valence-electron chi connectivity index (χ3n) is 4.29. The number of thiazole rings is 1. The molecule has 0 saturated carbocycles. The Bertz CT molecular complexity index is 837. The first-order chi connectivity index (χ1) is 13.1.